The number of hydrogen-bond donors (Lipinski definition) is 2. The molecule has 7 heteroatoms. The van der Waals surface area contributed by atoms with E-state index in [1.54, 1.807) is 7.05 Å². The average molecular weight is 283 g/mol. The number of nitrogens with zero attached hydrogens (tertiary/aromatic N) is 1. The van der Waals surface area contributed by atoms with E-state index in [9.17, 15) is 9.59 Å². The first-order valence-electron chi connectivity index (χ1n) is 6.28. The van der Waals surface area contributed by atoms with Gasteiger partial charge in [0.25, 0.3) is 0 Å². The van der Waals surface area contributed by atoms with E-state index in [2.05, 4.69) is 15.6 Å². The zero-order valence-electron chi connectivity index (χ0n) is 11.0. The molecular formula is C12H17N3O3S. The molecule has 1 aliphatic carbocycles. The van der Waals surface area contributed by atoms with Gasteiger partial charge in [-0.1, -0.05) is 0 Å². The van der Waals surface area contributed by atoms with Crippen molar-refractivity contribution in [3.63, 3.8) is 0 Å². The van der Waals surface area contributed by atoms with Gasteiger partial charge < -0.3 is 10.1 Å². The molecule has 0 saturated carbocycles. The Kier molecular flexibility index (Phi) is 4.36. The first-order chi connectivity index (χ1) is 9.13. The summed E-state index contributed by atoms with van der Waals surface area (Å²) >= 11 is 1.43. The number of anilines is 1. The number of aryl methyl sites for hydroxylation is 1. The molecule has 1 unspecified atom stereocenters. The molecule has 1 aromatic rings. The van der Waals surface area contributed by atoms with Crippen LogP contribution in [0.15, 0.2) is 0 Å². The van der Waals surface area contributed by atoms with Crippen LogP contribution in [-0.4, -0.2) is 30.6 Å². The number of thiazole rings is 1. The molecule has 0 aliphatic heterocycles. The van der Waals surface area contributed by atoms with Crippen LogP contribution < -0.4 is 10.6 Å². The van der Waals surface area contributed by atoms with Crippen LogP contribution >= 0.6 is 11.3 Å². The molecule has 1 aliphatic rings. The van der Waals surface area contributed by atoms with E-state index >= 15 is 0 Å². The van der Waals surface area contributed by atoms with Gasteiger partial charge in [0.2, 0.25) is 0 Å². The fourth-order valence-electron chi connectivity index (χ4n) is 2.05. The molecule has 104 valence electrons. The SMILES string of the molecule is CCOC(=O)C1CCc2nc(NC(=O)NC)sc2C1. The normalized spacial score (nSPS) is 17.5. The molecule has 0 fully saturated rings. The van der Waals surface area contributed by atoms with E-state index in [0.29, 0.717) is 18.2 Å². The molecule has 0 radical (unpaired) electrons. The third kappa shape index (κ3) is 3.23. The van der Waals surface area contributed by atoms with Crippen molar-refractivity contribution in [2.45, 2.75) is 26.2 Å². The summed E-state index contributed by atoms with van der Waals surface area (Å²) < 4.78 is 5.05. The fraction of sp³-hybridized carbons (Fsp3) is 0.583. The number of urea groups is 1. The Labute approximate surface area is 115 Å². The standard InChI is InChI=1S/C12H17N3O3S/c1-3-18-10(16)7-4-5-8-9(6-7)19-12(14-8)15-11(17)13-2/h7H,3-6H2,1-2H3,(H2,13,14,15,17). The number of carbonyl (C=O) groups excluding carboxylic acids is 2. The molecule has 2 rings (SSSR count). The van der Waals surface area contributed by atoms with Crippen LogP contribution in [0.4, 0.5) is 9.93 Å². The fourth-order valence-corrected chi connectivity index (χ4v) is 3.13. The number of fused-ring (bicyclic) bond motifs is 1. The number of carbonyl (C=O) groups is 2. The van der Waals surface area contributed by atoms with Gasteiger partial charge in [0.1, 0.15) is 0 Å². The third-order valence-electron chi connectivity index (χ3n) is 3.01. The van der Waals surface area contributed by atoms with Crippen molar-refractivity contribution < 1.29 is 14.3 Å². The lowest BCUT2D eigenvalue weighted by Gasteiger charge is -2.18. The Morgan fingerprint density at radius 2 is 2.32 bits per heavy atom. The highest BCUT2D eigenvalue weighted by Gasteiger charge is 2.28. The summed E-state index contributed by atoms with van der Waals surface area (Å²) in [5, 5.41) is 5.72. The van der Waals surface area contributed by atoms with Gasteiger partial charge in [0, 0.05) is 11.9 Å². The number of rotatable bonds is 3. The highest BCUT2D eigenvalue weighted by atomic mass is 32.1. The highest BCUT2D eigenvalue weighted by molar-refractivity contribution is 7.15. The molecule has 6 nitrogen and oxygen atoms in total. The van der Waals surface area contributed by atoms with E-state index < -0.39 is 0 Å². The quantitative estimate of drug-likeness (QED) is 0.825. The lowest BCUT2D eigenvalue weighted by Crippen LogP contribution is -2.24. The Morgan fingerprint density at radius 1 is 1.53 bits per heavy atom. The van der Waals surface area contributed by atoms with Crippen molar-refractivity contribution in [2.24, 2.45) is 5.92 Å². The van der Waals surface area contributed by atoms with Crippen LogP contribution in [0, 0.1) is 5.92 Å². The second-order valence-electron chi connectivity index (χ2n) is 4.28. The molecule has 1 aromatic heterocycles. The summed E-state index contributed by atoms with van der Waals surface area (Å²) in [7, 11) is 1.56. The van der Waals surface area contributed by atoms with Gasteiger partial charge >= 0.3 is 12.0 Å². The average Bonchev–Trinajstić information content (AvgIpc) is 2.79. The van der Waals surface area contributed by atoms with Gasteiger partial charge in [-0.2, -0.15) is 0 Å². The van der Waals surface area contributed by atoms with E-state index in [1.807, 2.05) is 6.92 Å². The predicted molar refractivity (Wildman–Crippen MR) is 72.3 cm³/mol. The Morgan fingerprint density at radius 3 is 3.00 bits per heavy atom. The number of nitrogens with one attached hydrogen (secondary N) is 2. The first kappa shape index (κ1) is 13.8. The van der Waals surface area contributed by atoms with Crippen LogP contribution in [0.5, 0.6) is 0 Å². The van der Waals surface area contributed by atoms with Crippen LogP contribution in [0.25, 0.3) is 0 Å². The molecule has 1 atom stereocenters. The molecule has 2 N–H and O–H groups in total. The Bertz CT molecular complexity index is 487. The van der Waals surface area contributed by atoms with Crippen LogP contribution in [0.3, 0.4) is 0 Å². The van der Waals surface area contributed by atoms with Gasteiger partial charge in [-0.05, 0) is 26.2 Å². The molecule has 0 aromatic carbocycles. The third-order valence-corrected chi connectivity index (χ3v) is 4.04. The lowest BCUT2D eigenvalue weighted by molar-refractivity contribution is -0.148. The summed E-state index contributed by atoms with van der Waals surface area (Å²) in [5.74, 6) is -0.219. The van der Waals surface area contributed by atoms with Crippen molar-refractivity contribution >= 4 is 28.5 Å². The largest absolute Gasteiger partial charge is 0.466 e. The van der Waals surface area contributed by atoms with Crippen molar-refractivity contribution in [1.29, 1.82) is 0 Å². The van der Waals surface area contributed by atoms with Crippen molar-refractivity contribution in [1.82, 2.24) is 10.3 Å². The number of esters is 1. The van der Waals surface area contributed by atoms with Crippen LogP contribution in [0.2, 0.25) is 0 Å². The van der Waals surface area contributed by atoms with Gasteiger partial charge in [-0.25, -0.2) is 9.78 Å². The summed E-state index contributed by atoms with van der Waals surface area (Å²) in [6.45, 7) is 2.22. The van der Waals surface area contributed by atoms with E-state index in [-0.39, 0.29) is 17.9 Å². The topological polar surface area (TPSA) is 80.3 Å². The second kappa shape index (κ2) is 6.01. The maximum Gasteiger partial charge on any atom is 0.320 e. The van der Waals surface area contributed by atoms with Gasteiger partial charge in [0.05, 0.1) is 18.2 Å². The summed E-state index contributed by atoms with van der Waals surface area (Å²) in [4.78, 5) is 28.4. The van der Waals surface area contributed by atoms with Gasteiger partial charge in [0.15, 0.2) is 5.13 Å². The van der Waals surface area contributed by atoms with Crippen LogP contribution in [-0.2, 0) is 22.4 Å². The minimum atomic E-state index is -0.284. The maximum absolute atomic E-state index is 11.7. The van der Waals surface area contributed by atoms with Gasteiger partial charge in [-0.3, -0.25) is 10.1 Å². The Balaban J connectivity index is 2.04. The molecule has 19 heavy (non-hydrogen) atoms. The molecule has 0 saturated heterocycles. The number of ether oxygens (including phenoxy) is 1. The minimum absolute atomic E-state index is 0.0826. The van der Waals surface area contributed by atoms with E-state index in [1.165, 1.54) is 11.3 Å². The number of amides is 2. The lowest BCUT2D eigenvalue weighted by atomic mass is 9.91. The number of hydrogen-bond acceptors (Lipinski definition) is 5. The van der Waals surface area contributed by atoms with Crippen molar-refractivity contribution in [3.8, 4) is 0 Å². The molecule has 2 amide bonds. The highest BCUT2D eigenvalue weighted by Crippen LogP contribution is 2.32. The first-order valence-corrected chi connectivity index (χ1v) is 7.09. The monoisotopic (exact) mass is 283 g/mol. The zero-order valence-corrected chi connectivity index (χ0v) is 11.8. The van der Waals surface area contributed by atoms with E-state index in [4.69, 9.17) is 4.74 Å². The summed E-state index contributed by atoms with van der Waals surface area (Å²) in [6, 6.07) is -0.284. The Hall–Kier alpha value is -1.63. The summed E-state index contributed by atoms with van der Waals surface area (Å²) in [6.07, 6.45) is 2.17. The minimum Gasteiger partial charge on any atom is -0.466 e. The summed E-state index contributed by atoms with van der Waals surface area (Å²) in [5.41, 5.74) is 0.983. The molecule has 0 spiro atoms. The van der Waals surface area contributed by atoms with Crippen LogP contribution in [0.1, 0.15) is 23.9 Å². The molecule has 1 heterocycles. The van der Waals surface area contributed by atoms with E-state index in [0.717, 1.165) is 23.4 Å². The smallest absolute Gasteiger partial charge is 0.320 e. The zero-order chi connectivity index (χ0) is 13.8. The van der Waals surface area contributed by atoms with Crippen molar-refractivity contribution in [2.75, 3.05) is 19.0 Å². The second-order valence-corrected chi connectivity index (χ2v) is 5.37. The molecular weight excluding hydrogens is 266 g/mol. The van der Waals surface area contributed by atoms with Crippen molar-refractivity contribution in [3.05, 3.63) is 10.6 Å². The maximum atomic E-state index is 11.7. The molecule has 0 bridgehead atoms. The predicted octanol–water partition coefficient (Wildman–Crippen LogP) is 1.56. The van der Waals surface area contributed by atoms with Gasteiger partial charge in [-0.15, -0.1) is 11.3 Å². The number of aromatic nitrogens is 1.